The molecule has 0 saturated carbocycles. The quantitative estimate of drug-likeness (QED) is 0.437. The number of methoxy groups -OCH3 is 1. The second kappa shape index (κ2) is 10.6. The van der Waals surface area contributed by atoms with Crippen LogP contribution in [0.15, 0.2) is 47.6 Å². The van der Waals surface area contributed by atoms with Crippen LogP contribution in [0.2, 0.25) is 10.0 Å². The fourth-order valence-corrected chi connectivity index (χ4v) is 4.52. The SMILES string of the molecule is COc1ccc(-c2nnc(SCC(=O)Nc3cccc(Cl)c3Cl)n2CC2CCCO2)cc1. The second-order valence-corrected chi connectivity index (χ2v) is 8.95. The van der Waals surface area contributed by atoms with E-state index >= 15 is 0 Å². The second-order valence-electron chi connectivity index (χ2n) is 7.22. The van der Waals surface area contributed by atoms with Gasteiger partial charge in [-0.25, -0.2) is 0 Å². The van der Waals surface area contributed by atoms with Crippen molar-refractivity contribution in [2.75, 3.05) is 24.8 Å². The largest absolute Gasteiger partial charge is 0.497 e. The van der Waals surface area contributed by atoms with Gasteiger partial charge >= 0.3 is 0 Å². The molecule has 0 radical (unpaired) electrons. The van der Waals surface area contributed by atoms with Crippen LogP contribution in [0.4, 0.5) is 5.69 Å². The molecule has 0 aliphatic carbocycles. The van der Waals surface area contributed by atoms with E-state index in [1.807, 2.05) is 28.8 Å². The van der Waals surface area contributed by atoms with Gasteiger partial charge in [0.25, 0.3) is 0 Å². The van der Waals surface area contributed by atoms with Crippen molar-refractivity contribution in [2.24, 2.45) is 0 Å². The molecule has 4 rings (SSSR count). The molecule has 0 spiro atoms. The highest BCUT2D eigenvalue weighted by Crippen LogP contribution is 2.31. The van der Waals surface area contributed by atoms with E-state index < -0.39 is 0 Å². The first-order valence-corrected chi connectivity index (χ1v) is 11.8. The first kappa shape index (κ1) is 22.9. The first-order valence-electron chi connectivity index (χ1n) is 10.1. The Morgan fingerprint density at radius 1 is 1.25 bits per heavy atom. The number of thioether (sulfide) groups is 1. The highest BCUT2D eigenvalue weighted by atomic mass is 35.5. The number of carbonyl (C=O) groups excluding carboxylic acids is 1. The zero-order chi connectivity index (χ0) is 22.5. The number of anilines is 1. The number of hydrogen-bond donors (Lipinski definition) is 1. The lowest BCUT2D eigenvalue weighted by Crippen LogP contribution is -2.18. The first-order chi connectivity index (χ1) is 15.5. The third-order valence-corrected chi connectivity index (χ3v) is 6.82. The van der Waals surface area contributed by atoms with Crippen molar-refractivity contribution in [3.8, 4) is 17.1 Å². The molecular formula is C22H22Cl2N4O3S. The lowest BCUT2D eigenvalue weighted by atomic mass is 10.2. The van der Waals surface area contributed by atoms with Crippen molar-refractivity contribution in [1.82, 2.24) is 14.8 Å². The highest BCUT2D eigenvalue weighted by molar-refractivity contribution is 7.99. The van der Waals surface area contributed by atoms with Gasteiger partial charge < -0.3 is 14.8 Å². The number of hydrogen-bond acceptors (Lipinski definition) is 6. The van der Waals surface area contributed by atoms with E-state index in [9.17, 15) is 4.79 Å². The van der Waals surface area contributed by atoms with Crippen LogP contribution in [0.25, 0.3) is 11.4 Å². The standard InChI is InChI=1S/C22H22Cl2N4O3S/c1-30-15-9-7-14(8-10-15)21-26-27-22(28(21)12-16-4-3-11-31-16)32-13-19(29)25-18-6-2-5-17(23)20(18)24/h2,5-10,16H,3-4,11-13H2,1H3,(H,25,29). The number of nitrogens with zero attached hydrogens (tertiary/aromatic N) is 3. The third kappa shape index (κ3) is 5.38. The predicted molar refractivity (Wildman–Crippen MR) is 127 cm³/mol. The molecule has 1 aliphatic heterocycles. The van der Waals surface area contributed by atoms with E-state index in [1.54, 1.807) is 25.3 Å². The fourth-order valence-electron chi connectivity index (χ4n) is 3.42. The molecule has 32 heavy (non-hydrogen) atoms. The van der Waals surface area contributed by atoms with Crippen LogP contribution in [-0.4, -0.2) is 46.2 Å². The van der Waals surface area contributed by atoms with Gasteiger partial charge in [0.05, 0.1) is 41.2 Å². The highest BCUT2D eigenvalue weighted by Gasteiger charge is 2.22. The summed E-state index contributed by atoms with van der Waals surface area (Å²) >= 11 is 13.5. The van der Waals surface area contributed by atoms with E-state index in [2.05, 4.69) is 15.5 Å². The van der Waals surface area contributed by atoms with Crippen LogP contribution >= 0.6 is 35.0 Å². The molecule has 1 amide bonds. The Kier molecular flexibility index (Phi) is 7.57. The number of nitrogens with one attached hydrogen (secondary N) is 1. The van der Waals surface area contributed by atoms with Crippen molar-refractivity contribution in [2.45, 2.75) is 30.6 Å². The van der Waals surface area contributed by atoms with Gasteiger partial charge in [-0.15, -0.1) is 10.2 Å². The molecule has 168 valence electrons. The lowest BCUT2D eigenvalue weighted by molar-refractivity contribution is -0.113. The van der Waals surface area contributed by atoms with Gasteiger partial charge in [0.1, 0.15) is 5.75 Å². The van der Waals surface area contributed by atoms with Crippen LogP contribution in [0.3, 0.4) is 0 Å². The maximum atomic E-state index is 12.5. The molecule has 1 fully saturated rings. The molecule has 1 saturated heterocycles. The van der Waals surface area contributed by atoms with Crippen LogP contribution in [0.1, 0.15) is 12.8 Å². The number of ether oxygens (including phenoxy) is 2. The van der Waals surface area contributed by atoms with Gasteiger partial charge in [-0.05, 0) is 49.2 Å². The van der Waals surface area contributed by atoms with Gasteiger partial charge in [0.15, 0.2) is 11.0 Å². The molecule has 1 atom stereocenters. The van der Waals surface area contributed by atoms with Crippen molar-refractivity contribution in [3.05, 3.63) is 52.5 Å². The lowest BCUT2D eigenvalue weighted by Gasteiger charge is -2.15. The minimum Gasteiger partial charge on any atom is -0.497 e. The number of amides is 1. The number of carbonyl (C=O) groups is 1. The Morgan fingerprint density at radius 2 is 2.06 bits per heavy atom. The van der Waals surface area contributed by atoms with Crippen LogP contribution in [-0.2, 0) is 16.1 Å². The van der Waals surface area contributed by atoms with Crippen LogP contribution in [0, 0.1) is 0 Å². The van der Waals surface area contributed by atoms with Crippen LogP contribution in [0.5, 0.6) is 5.75 Å². The zero-order valence-corrected chi connectivity index (χ0v) is 19.7. The topological polar surface area (TPSA) is 78.3 Å². The van der Waals surface area contributed by atoms with Gasteiger partial charge in [0.2, 0.25) is 5.91 Å². The molecule has 1 aromatic heterocycles. The number of aromatic nitrogens is 3. The number of rotatable bonds is 8. The van der Waals surface area contributed by atoms with Crippen molar-refractivity contribution in [3.63, 3.8) is 0 Å². The summed E-state index contributed by atoms with van der Waals surface area (Å²) in [5.74, 6) is 1.43. The van der Waals surface area contributed by atoms with Gasteiger partial charge in [-0.3, -0.25) is 9.36 Å². The average molecular weight is 493 g/mol. The molecule has 1 aliphatic rings. The molecule has 1 N–H and O–H groups in total. The van der Waals surface area contributed by atoms with E-state index in [4.69, 9.17) is 32.7 Å². The zero-order valence-electron chi connectivity index (χ0n) is 17.4. The van der Waals surface area contributed by atoms with Gasteiger partial charge in [-0.2, -0.15) is 0 Å². The average Bonchev–Trinajstić information content (AvgIpc) is 3.46. The Hall–Kier alpha value is -2.26. The van der Waals surface area contributed by atoms with E-state index in [1.165, 1.54) is 11.8 Å². The molecule has 10 heteroatoms. The van der Waals surface area contributed by atoms with Crippen molar-refractivity contribution >= 4 is 46.6 Å². The predicted octanol–water partition coefficient (Wildman–Crippen LogP) is 5.17. The summed E-state index contributed by atoms with van der Waals surface area (Å²) in [4.78, 5) is 12.5. The molecule has 3 aromatic rings. The summed E-state index contributed by atoms with van der Waals surface area (Å²) in [6.07, 6.45) is 2.12. The minimum atomic E-state index is -0.211. The van der Waals surface area contributed by atoms with E-state index in [-0.39, 0.29) is 17.8 Å². The fraction of sp³-hybridized carbons (Fsp3) is 0.318. The van der Waals surface area contributed by atoms with E-state index in [0.29, 0.717) is 27.4 Å². The van der Waals surface area contributed by atoms with Gasteiger partial charge in [0, 0.05) is 12.2 Å². The molecular weight excluding hydrogens is 471 g/mol. The Morgan fingerprint density at radius 3 is 2.78 bits per heavy atom. The smallest absolute Gasteiger partial charge is 0.234 e. The monoisotopic (exact) mass is 492 g/mol. The Balaban J connectivity index is 1.51. The summed E-state index contributed by atoms with van der Waals surface area (Å²) in [6.45, 7) is 1.38. The summed E-state index contributed by atoms with van der Waals surface area (Å²) < 4.78 is 13.1. The van der Waals surface area contributed by atoms with Crippen LogP contribution < -0.4 is 10.1 Å². The molecule has 2 aromatic carbocycles. The Labute approximate surface area is 200 Å². The summed E-state index contributed by atoms with van der Waals surface area (Å²) in [5.41, 5.74) is 1.39. The minimum absolute atomic E-state index is 0.0986. The summed E-state index contributed by atoms with van der Waals surface area (Å²) in [7, 11) is 1.63. The summed E-state index contributed by atoms with van der Waals surface area (Å²) in [6, 6.07) is 12.8. The molecule has 7 nitrogen and oxygen atoms in total. The van der Waals surface area contributed by atoms with Crippen molar-refractivity contribution in [1.29, 1.82) is 0 Å². The summed E-state index contributed by atoms with van der Waals surface area (Å²) in [5, 5.41) is 12.9. The maximum Gasteiger partial charge on any atom is 0.234 e. The normalized spacial score (nSPS) is 15.7. The molecule has 0 bridgehead atoms. The molecule has 1 unspecified atom stereocenters. The Bertz CT molecular complexity index is 1090. The van der Waals surface area contributed by atoms with Gasteiger partial charge in [-0.1, -0.05) is 41.0 Å². The number of benzene rings is 2. The maximum absolute atomic E-state index is 12.5. The number of halogens is 2. The molecule has 2 heterocycles. The van der Waals surface area contributed by atoms with E-state index in [0.717, 1.165) is 36.6 Å². The third-order valence-electron chi connectivity index (χ3n) is 5.03. The van der Waals surface area contributed by atoms with Crippen molar-refractivity contribution < 1.29 is 14.3 Å².